The molecule has 0 aliphatic rings. The monoisotopic (exact) mass is 330 g/mol. The van der Waals surface area contributed by atoms with Crippen molar-refractivity contribution in [1.82, 2.24) is 24.3 Å². The number of benzene rings is 2. The van der Waals surface area contributed by atoms with Gasteiger partial charge >= 0.3 is 0 Å². The molecule has 2 aromatic heterocycles. The lowest BCUT2D eigenvalue weighted by molar-refractivity contribution is 0.414. The van der Waals surface area contributed by atoms with Crippen LogP contribution < -0.4 is 4.74 Å². The lowest BCUT2D eigenvalue weighted by atomic mass is 10.2. The minimum Gasteiger partial charge on any atom is -0.497 e. The second-order valence-electron chi connectivity index (χ2n) is 5.43. The number of methoxy groups -OCH3 is 1. The summed E-state index contributed by atoms with van der Waals surface area (Å²) >= 11 is 0. The minimum atomic E-state index is 0.145. The Morgan fingerprint density at radius 1 is 1.12 bits per heavy atom. The van der Waals surface area contributed by atoms with Crippen molar-refractivity contribution < 1.29 is 4.74 Å². The smallest absolute Gasteiger partial charge is 0.252 e. The second-order valence-corrected chi connectivity index (χ2v) is 5.43. The molecule has 0 bridgehead atoms. The van der Waals surface area contributed by atoms with Crippen LogP contribution in [0.5, 0.6) is 5.75 Å². The summed E-state index contributed by atoms with van der Waals surface area (Å²) in [7, 11) is 1.64. The van der Waals surface area contributed by atoms with E-state index in [-0.39, 0.29) is 5.82 Å². The van der Waals surface area contributed by atoms with Crippen LogP contribution in [0.2, 0.25) is 0 Å². The zero-order valence-corrected chi connectivity index (χ0v) is 13.5. The first-order valence-corrected chi connectivity index (χ1v) is 7.69. The molecule has 0 saturated carbocycles. The molecule has 7 nitrogen and oxygen atoms in total. The first-order valence-electron chi connectivity index (χ1n) is 7.69. The number of aromatic nitrogens is 5. The molecule has 0 unspecified atom stereocenters. The number of fused-ring (bicyclic) bond motifs is 1. The van der Waals surface area contributed by atoms with Crippen molar-refractivity contribution in [3.8, 4) is 17.5 Å². The van der Waals surface area contributed by atoms with Gasteiger partial charge < -0.3 is 4.74 Å². The van der Waals surface area contributed by atoms with Crippen molar-refractivity contribution in [2.24, 2.45) is 0 Å². The highest BCUT2D eigenvalue weighted by Crippen LogP contribution is 2.23. The lowest BCUT2D eigenvalue weighted by Gasteiger charge is -2.10. The van der Waals surface area contributed by atoms with Crippen LogP contribution in [0.1, 0.15) is 11.6 Å². The highest BCUT2D eigenvalue weighted by Gasteiger charge is 2.13. The number of hydrogen-bond donors (Lipinski definition) is 0. The van der Waals surface area contributed by atoms with Crippen LogP contribution in [0, 0.1) is 11.3 Å². The zero-order chi connectivity index (χ0) is 17.2. The summed E-state index contributed by atoms with van der Waals surface area (Å²) in [5.41, 5.74) is 2.88. The van der Waals surface area contributed by atoms with E-state index < -0.39 is 0 Å². The van der Waals surface area contributed by atoms with Crippen LogP contribution in [0.15, 0.2) is 54.9 Å². The molecule has 4 aromatic rings. The van der Waals surface area contributed by atoms with Gasteiger partial charge in [0.05, 0.1) is 18.1 Å². The Morgan fingerprint density at radius 2 is 1.92 bits per heavy atom. The molecule has 7 heteroatoms. The fourth-order valence-electron chi connectivity index (χ4n) is 2.77. The highest BCUT2D eigenvalue weighted by atomic mass is 16.5. The van der Waals surface area contributed by atoms with Crippen LogP contribution in [0.25, 0.3) is 16.7 Å². The molecule has 25 heavy (non-hydrogen) atoms. The maximum atomic E-state index is 8.89. The molecule has 0 aliphatic heterocycles. The SMILES string of the molecule is COc1ccc(-n2c(Cn3cnc(C#N)n3)nc3ccccc32)cc1. The summed E-state index contributed by atoms with van der Waals surface area (Å²) in [6.07, 6.45) is 1.54. The van der Waals surface area contributed by atoms with Crippen molar-refractivity contribution in [3.05, 3.63) is 66.5 Å². The van der Waals surface area contributed by atoms with E-state index in [1.165, 1.54) is 6.33 Å². The molecular formula is C18H14N6O. The minimum absolute atomic E-state index is 0.145. The Morgan fingerprint density at radius 3 is 2.64 bits per heavy atom. The van der Waals surface area contributed by atoms with Gasteiger partial charge in [-0.25, -0.2) is 14.6 Å². The largest absolute Gasteiger partial charge is 0.497 e. The van der Waals surface area contributed by atoms with E-state index in [2.05, 4.69) is 14.6 Å². The molecule has 0 saturated heterocycles. The predicted molar refractivity (Wildman–Crippen MR) is 91.5 cm³/mol. The van der Waals surface area contributed by atoms with E-state index >= 15 is 0 Å². The van der Waals surface area contributed by atoms with Gasteiger partial charge in [-0.05, 0) is 36.4 Å². The number of rotatable bonds is 4. The van der Waals surface area contributed by atoms with Gasteiger partial charge in [-0.2, -0.15) is 5.26 Å². The maximum Gasteiger partial charge on any atom is 0.252 e. The van der Waals surface area contributed by atoms with Gasteiger partial charge in [0.1, 0.15) is 30.5 Å². The predicted octanol–water partition coefficient (Wildman–Crippen LogP) is 2.55. The molecule has 0 N–H and O–H groups in total. The Bertz CT molecular complexity index is 1070. The van der Waals surface area contributed by atoms with Crippen molar-refractivity contribution in [1.29, 1.82) is 5.26 Å². The number of ether oxygens (including phenoxy) is 1. The molecule has 0 atom stereocenters. The van der Waals surface area contributed by atoms with Crippen LogP contribution in [-0.4, -0.2) is 31.4 Å². The van der Waals surface area contributed by atoms with Gasteiger partial charge in [-0.15, -0.1) is 5.10 Å². The third-order valence-corrected chi connectivity index (χ3v) is 3.90. The summed E-state index contributed by atoms with van der Waals surface area (Å²) in [5, 5.41) is 13.0. The molecule has 122 valence electrons. The Labute approximate surface area is 143 Å². The number of nitriles is 1. The molecule has 0 amide bonds. The van der Waals surface area contributed by atoms with Gasteiger partial charge in [0.25, 0.3) is 5.82 Å². The van der Waals surface area contributed by atoms with Gasteiger partial charge in [-0.1, -0.05) is 12.1 Å². The van der Waals surface area contributed by atoms with E-state index in [0.29, 0.717) is 6.54 Å². The summed E-state index contributed by atoms with van der Waals surface area (Å²) < 4.78 is 8.92. The average molecular weight is 330 g/mol. The first kappa shape index (κ1) is 14.9. The molecular weight excluding hydrogens is 316 g/mol. The lowest BCUT2D eigenvalue weighted by Crippen LogP contribution is -2.08. The van der Waals surface area contributed by atoms with E-state index in [4.69, 9.17) is 15.0 Å². The van der Waals surface area contributed by atoms with Crippen molar-refractivity contribution in [3.63, 3.8) is 0 Å². The zero-order valence-electron chi connectivity index (χ0n) is 13.5. The third kappa shape index (κ3) is 2.70. The topological polar surface area (TPSA) is 81.5 Å². The molecule has 2 heterocycles. The van der Waals surface area contributed by atoms with Crippen molar-refractivity contribution in [2.45, 2.75) is 6.54 Å². The Balaban J connectivity index is 1.83. The first-order chi connectivity index (χ1) is 12.3. The fraction of sp³-hybridized carbons (Fsp3) is 0.111. The standard InChI is InChI=1S/C18H14N6O/c1-25-14-8-6-13(7-9-14)24-16-5-3-2-4-15(16)21-18(24)11-23-12-20-17(10-19)22-23/h2-9,12H,11H2,1H3. The van der Waals surface area contributed by atoms with Gasteiger partial charge in [-0.3, -0.25) is 4.57 Å². The summed E-state index contributed by atoms with van der Waals surface area (Å²) in [6.45, 7) is 0.412. The third-order valence-electron chi connectivity index (χ3n) is 3.90. The van der Waals surface area contributed by atoms with Crippen molar-refractivity contribution >= 4 is 11.0 Å². The van der Waals surface area contributed by atoms with Crippen molar-refractivity contribution in [2.75, 3.05) is 7.11 Å². The van der Waals surface area contributed by atoms with Crippen LogP contribution >= 0.6 is 0 Å². The fourth-order valence-corrected chi connectivity index (χ4v) is 2.77. The van der Waals surface area contributed by atoms with Crippen LogP contribution in [-0.2, 0) is 6.54 Å². The van der Waals surface area contributed by atoms with Crippen LogP contribution in [0.3, 0.4) is 0 Å². The summed E-state index contributed by atoms with van der Waals surface area (Å²) in [4.78, 5) is 8.67. The van der Waals surface area contributed by atoms with E-state index in [0.717, 1.165) is 28.3 Å². The highest BCUT2D eigenvalue weighted by molar-refractivity contribution is 5.78. The molecule has 0 aliphatic carbocycles. The molecule has 0 spiro atoms. The molecule has 0 radical (unpaired) electrons. The molecule has 4 rings (SSSR count). The normalized spacial score (nSPS) is 10.7. The van der Waals surface area contributed by atoms with Gasteiger partial charge in [0, 0.05) is 5.69 Å². The number of hydrogen-bond acceptors (Lipinski definition) is 5. The number of nitrogens with zero attached hydrogens (tertiary/aromatic N) is 6. The second kappa shape index (κ2) is 6.09. The summed E-state index contributed by atoms with van der Waals surface area (Å²) in [5.74, 6) is 1.75. The quantitative estimate of drug-likeness (QED) is 0.574. The average Bonchev–Trinajstić information content (AvgIpc) is 3.26. The van der Waals surface area contributed by atoms with Gasteiger partial charge in [0.15, 0.2) is 0 Å². The maximum absolute atomic E-state index is 8.89. The molecule has 0 fully saturated rings. The molecule has 2 aromatic carbocycles. The Hall–Kier alpha value is -3.66. The van der Waals surface area contributed by atoms with E-state index in [1.54, 1.807) is 11.8 Å². The van der Waals surface area contributed by atoms with E-state index in [9.17, 15) is 0 Å². The van der Waals surface area contributed by atoms with E-state index in [1.807, 2.05) is 54.6 Å². The number of para-hydroxylation sites is 2. The Kier molecular flexibility index (Phi) is 3.63. The van der Waals surface area contributed by atoms with Crippen LogP contribution in [0.4, 0.5) is 0 Å². The van der Waals surface area contributed by atoms with Gasteiger partial charge in [0.2, 0.25) is 0 Å². The summed E-state index contributed by atoms with van der Waals surface area (Å²) in [6, 6.07) is 17.7. The number of imidazole rings is 1.